The second-order valence-corrected chi connectivity index (χ2v) is 6.58. The van der Waals surface area contributed by atoms with E-state index in [9.17, 15) is 9.59 Å². The van der Waals surface area contributed by atoms with Gasteiger partial charge in [-0.15, -0.1) is 0 Å². The molecule has 0 rings (SSSR count). The van der Waals surface area contributed by atoms with Crippen molar-refractivity contribution in [3.05, 3.63) is 0 Å². The van der Waals surface area contributed by atoms with Crippen LogP contribution < -0.4 is 0 Å². The van der Waals surface area contributed by atoms with Crippen molar-refractivity contribution in [1.29, 1.82) is 0 Å². The van der Waals surface area contributed by atoms with E-state index in [1.807, 2.05) is 0 Å². The minimum Gasteiger partial charge on any atom is -0.481 e. The van der Waals surface area contributed by atoms with Crippen LogP contribution in [0.25, 0.3) is 0 Å². The van der Waals surface area contributed by atoms with Crippen LogP contribution in [0.4, 0.5) is 0 Å². The summed E-state index contributed by atoms with van der Waals surface area (Å²) in [4.78, 5) is 22.4. The third-order valence-corrected chi connectivity index (χ3v) is 4.39. The fraction of sp³-hybridized carbons (Fsp3) is 0.895. The van der Waals surface area contributed by atoms with Crippen LogP contribution in [0.3, 0.4) is 0 Å². The maximum absolute atomic E-state index is 11.7. The molecule has 0 saturated heterocycles. The maximum Gasteiger partial charge on any atom is 0.308 e. The van der Waals surface area contributed by atoms with Gasteiger partial charge in [0, 0.05) is 12.8 Å². The molecular formula is C19H36O4. The first-order chi connectivity index (χ1) is 11.1. The molecule has 4 nitrogen and oxygen atoms in total. The summed E-state index contributed by atoms with van der Waals surface area (Å²) >= 11 is 0. The standard InChI is InChI=1S/C19H36O4/c1-2-3-4-11-14-18(21)15-12-9-7-5-6-8-10-13-17(16-20)19(22)23/h17,20H,2-16H2,1H3,(H,22,23). The normalized spacial score (nSPS) is 12.3. The van der Waals surface area contributed by atoms with Crippen LogP contribution in [0.1, 0.15) is 96.8 Å². The van der Waals surface area contributed by atoms with Gasteiger partial charge in [-0.1, -0.05) is 64.7 Å². The Balaban J connectivity index is 3.30. The summed E-state index contributed by atoms with van der Waals surface area (Å²) < 4.78 is 0. The number of carbonyl (C=O) groups is 2. The molecule has 2 N–H and O–H groups in total. The topological polar surface area (TPSA) is 74.6 Å². The molecule has 0 aliphatic carbocycles. The van der Waals surface area contributed by atoms with Gasteiger partial charge >= 0.3 is 5.97 Å². The SMILES string of the molecule is CCCCCCC(=O)CCCCCCCCCC(CO)C(=O)O. The van der Waals surface area contributed by atoms with E-state index in [-0.39, 0.29) is 6.61 Å². The Morgan fingerprint density at radius 1 is 0.783 bits per heavy atom. The number of rotatable bonds is 17. The molecule has 0 spiro atoms. The van der Waals surface area contributed by atoms with Gasteiger partial charge in [0.15, 0.2) is 0 Å². The van der Waals surface area contributed by atoms with Crippen molar-refractivity contribution >= 4 is 11.8 Å². The predicted octanol–water partition coefficient (Wildman–Crippen LogP) is 4.73. The largest absolute Gasteiger partial charge is 0.481 e. The maximum atomic E-state index is 11.7. The summed E-state index contributed by atoms with van der Waals surface area (Å²) in [6.45, 7) is 1.92. The van der Waals surface area contributed by atoms with Crippen LogP contribution in [0, 0.1) is 5.92 Å². The van der Waals surface area contributed by atoms with Crippen molar-refractivity contribution in [3.8, 4) is 0 Å². The number of carboxylic acids is 1. The number of Topliss-reactive ketones (excluding diaryl/α,β-unsaturated/α-hetero) is 1. The monoisotopic (exact) mass is 328 g/mol. The number of hydrogen-bond donors (Lipinski definition) is 2. The summed E-state index contributed by atoms with van der Waals surface area (Å²) in [5, 5.41) is 17.7. The van der Waals surface area contributed by atoms with Crippen molar-refractivity contribution in [2.75, 3.05) is 6.61 Å². The highest BCUT2D eigenvalue weighted by molar-refractivity contribution is 5.78. The van der Waals surface area contributed by atoms with E-state index in [1.165, 1.54) is 19.3 Å². The molecule has 23 heavy (non-hydrogen) atoms. The molecule has 4 heteroatoms. The number of ketones is 1. The van der Waals surface area contributed by atoms with Crippen molar-refractivity contribution in [3.63, 3.8) is 0 Å². The summed E-state index contributed by atoms with van der Waals surface area (Å²) in [5.41, 5.74) is 0. The van der Waals surface area contributed by atoms with E-state index >= 15 is 0 Å². The van der Waals surface area contributed by atoms with E-state index < -0.39 is 11.9 Å². The zero-order valence-electron chi connectivity index (χ0n) is 14.9. The minimum absolute atomic E-state index is 0.262. The second-order valence-electron chi connectivity index (χ2n) is 6.58. The minimum atomic E-state index is -0.896. The summed E-state index contributed by atoms with van der Waals surface area (Å²) in [6, 6.07) is 0. The van der Waals surface area contributed by atoms with Gasteiger partial charge in [-0.3, -0.25) is 9.59 Å². The quantitative estimate of drug-likeness (QED) is 0.378. The fourth-order valence-electron chi connectivity index (χ4n) is 2.76. The molecule has 136 valence electrons. The number of aliphatic hydroxyl groups is 1. The van der Waals surface area contributed by atoms with Crippen molar-refractivity contribution < 1.29 is 19.8 Å². The smallest absolute Gasteiger partial charge is 0.308 e. The third-order valence-electron chi connectivity index (χ3n) is 4.39. The molecule has 0 aliphatic rings. The molecular weight excluding hydrogens is 292 g/mol. The molecule has 0 aromatic carbocycles. The average molecular weight is 328 g/mol. The van der Waals surface area contributed by atoms with Crippen LogP contribution in [0.2, 0.25) is 0 Å². The number of aliphatic carboxylic acids is 1. The van der Waals surface area contributed by atoms with Gasteiger partial charge in [0.1, 0.15) is 5.78 Å². The van der Waals surface area contributed by atoms with Gasteiger partial charge < -0.3 is 10.2 Å². The lowest BCUT2D eigenvalue weighted by molar-refractivity contribution is -0.143. The first-order valence-electron chi connectivity index (χ1n) is 9.47. The molecule has 0 aromatic rings. The molecule has 0 aliphatic heterocycles. The van der Waals surface area contributed by atoms with E-state index in [1.54, 1.807) is 0 Å². The Labute approximate surface area is 141 Å². The highest BCUT2D eigenvalue weighted by atomic mass is 16.4. The number of carbonyl (C=O) groups excluding carboxylic acids is 1. The van der Waals surface area contributed by atoms with Crippen LogP contribution in [-0.4, -0.2) is 28.6 Å². The molecule has 1 atom stereocenters. The number of unbranched alkanes of at least 4 members (excludes halogenated alkanes) is 9. The summed E-state index contributed by atoms with van der Waals surface area (Å²) in [5.74, 6) is -1.07. The molecule has 0 fully saturated rings. The highest BCUT2D eigenvalue weighted by Gasteiger charge is 2.14. The van der Waals surface area contributed by atoms with Gasteiger partial charge in [0.25, 0.3) is 0 Å². The summed E-state index contributed by atoms with van der Waals surface area (Å²) in [6.07, 6.45) is 14.2. The summed E-state index contributed by atoms with van der Waals surface area (Å²) in [7, 11) is 0. The third kappa shape index (κ3) is 14.4. The lowest BCUT2D eigenvalue weighted by Crippen LogP contribution is -2.17. The van der Waals surface area contributed by atoms with Crippen LogP contribution in [0.5, 0.6) is 0 Å². The van der Waals surface area contributed by atoms with Gasteiger partial charge in [0.05, 0.1) is 12.5 Å². The number of hydrogen-bond acceptors (Lipinski definition) is 3. The Hall–Kier alpha value is -0.900. The van der Waals surface area contributed by atoms with E-state index in [4.69, 9.17) is 10.2 Å². The second kappa shape index (κ2) is 16.0. The van der Waals surface area contributed by atoms with Gasteiger partial charge in [-0.05, 0) is 19.3 Å². The fourth-order valence-corrected chi connectivity index (χ4v) is 2.76. The van der Waals surface area contributed by atoms with Crippen molar-refractivity contribution in [1.82, 2.24) is 0 Å². The molecule has 0 radical (unpaired) electrons. The number of carboxylic acid groups (broad SMARTS) is 1. The molecule has 0 bridgehead atoms. The van der Waals surface area contributed by atoms with E-state index in [0.29, 0.717) is 12.2 Å². The molecule has 0 heterocycles. The number of aliphatic hydroxyl groups excluding tert-OH is 1. The van der Waals surface area contributed by atoms with Crippen LogP contribution in [-0.2, 0) is 9.59 Å². The molecule has 1 unspecified atom stereocenters. The Morgan fingerprint density at radius 2 is 1.26 bits per heavy atom. The Kier molecular flexibility index (Phi) is 15.4. The Bertz CT molecular complexity index is 302. The lowest BCUT2D eigenvalue weighted by Gasteiger charge is -2.08. The van der Waals surface area contributed by atoms with Crippen molar-refractivity contribution in [2.45, 2.75) is 96.8 Å². The lowest BCUT2D eigenvalue weighted by atomic mass is 10.0. The molecule has 0 saturated carbocycles. The Morgan fingerprint density at radius 3 is 1.74 bits per heavy atom. The van der Waals surface area contributed by atoms with Gasteiger partial charge in [-0.25, -0.2) is 0 Å². The van der Waals surface area contributed by atoms with Crippen LogP contribution in [0.15, 0.2) is 0 Å². The molecule has 0 amide bonds. The predicted molar refractivity (Wildman–Crippen MR) is 93.5 cm³/mol. The zero-order valence-corrected chi connectivity index (χ0v) is 14.9. The van der Waals surface area contributed by atoms with E-state index in [0.717, 1.165) is 64.2 Å². The first kappa shape index (κ1) is 22.1. The molecule has 0 aromatic heterocycles. The highest BCUT2D eigenvalue weighted by Crippen LogP contribution is 2.14. The van der Waals surface area contributed by atoms with E-state index in [2.05, 4.69) is 6.92 Å². The first-order valence-corrected chi connectivity index (χ1v) is 9.47. The van der Waals surface area contributed by atoms with Gasteiger partial charge in [-0.2, -0.15) is 0 Å². The zero-order chi connectivity index (χ0) is 17.3. The van der Waals surface area contributed by atoms with Crippen molar-refractivity contribution in [2.24, 2.45) is 5.92 Å². The average Bonchev–Trinajstić information content (AvgIpc) is 2.53. The van der Waals surface area contributed by atoms with Crippen LogP contribution >= 0.6 is 0 Å². The van der Waals surface area contributed by atoms with Gasteiger partial charge in [0.2, 0.25) is 0 Å².